The van der Waals surface area contributed by atoms with E-state index in [4.69, 9.17) is 27.7 Å². The third kappa shape index (κ3) is 9.58. The van der Waals surface area contributed by atoms with Crippen molar-refractivity contribution in [2.24, 2.45) is 39.7 Å². The van der Waals surface area contributed by atoms with Gasteiger partial charge in [-0.1, -0.05) is 70.5 Å². The van der Waals surface area contributed by atoms with E-state index in [1.165, 1.54) is 18.2 Å². The van der Waals surface area contributed by atoms with Gasteiger partial charge in [0, 0.05) is 11.1 Å². The largest absolute Gasteiger partial charge is 0.386 e. The van der Waals surface area contributed by atoms with Crippen molar-refractivity contribution < 1.29 is 14.0 Å². The molecule has 45 heavy (non-hydrogen) atoms. The van der Waals surface area contributed by atoms with Gasteiger partial charge in [0.15, 0.2) is 0 Å². The van der Waals surface area contributed by atoms with E-state index in [0.29, 0.717) is 28.7 Å². The Morgan fingerprint density at radius 2 is 1.87 bits per heavy atom. The van der Waals surface area contributed by atoms with Crippen LogP contribution >= 0.6 is 11.6 Å². The average Bonchev–Trinajstić information content (AvgIpc) is 3.25. The van der Waals surface area contributed by atoms with Crippen molar-refractivity contribution in [3.8, 4) is 0 Å². The van der Waals surface area contributed by atoms with Gasteiger partial charge >= 0.3 is 0 Å². The van der Waals surface area contributed by atoms with Crippen molar-refractivity contribution in [1.82, 2.24) is 10.2 Å². The lowest BCUT2D eigenvalue weighted by molar-refractivity contribution is -0.132. The van der Waals surface area contributed by atoms with E-state index in [-0.39, 0.29) is 40.7 Å². The fourth-order valence-corrected chi connectivity index (χ4v) is 6.25. The normalized spacial score (nSPS) is 21.3. The second-order valence-corrected chi connectivity index (χ2v) is 13.7. The quantitative estimate of drug-likeness (QED) is 0.0515. The van der Waals surface area contributed by atoms with Gasteiger partial charge in [0.05, 0.1) is 17.6 Å². The van der Waals surface area contributed by atoms with Crippen molar-refractivity contribution in [3.63, 3.8) is 0 Å². The van der Waals surface area contributed by atoms with Crippen LogP contribution in [0.4, 0.5) is 4.39 Å². The molecular formula is C34H51ClFN7O2. The fraction of sp³-hybridized carbons (Fsp3) is 0.529. The van der Waals surface area contributed by atoms with Crippen LogP contribution in [0.3, 0.4) is 0 Å². The molecule has 1 aromatic rings. The molecule has 11 heteroatoms. The molecular weight excluding hydrogens is 593 g/mol. The van der Waals surface area contributed by atoms with Gasteiger partial charge < -0.3 is 16.0 Å². The highest BCUT2D eigenvalue weighted by molar-refractivity contribution is 6.47. The van der Waals surface area contributed by atoms with Crippen LogP contribution in [0, 0.1) is 28.5 Å². The highest BCUT2D eigenvalue weighted by Gasteiger charge is 2.52. The monoisotopic (exact) mass is 643 g/mol. The summed E-state index contributed by atoms with van der Waals surface area (Å²) in [4.78, 5) is 34.2. The maximum Gasteiger partial charge on any atom is 0.275 e. The van der Waals surface area contributed by atoms with Gasteiger partial charge in [0.2, 0.25) is 0 Å². The zero-order valence-corrected chi connectivity index (χ0v) is 28.3. The number of amidine groups is 1. The number of carbonyl (C=O) groups excluding carboxylic acids is 2. The molecule has 3 rings (SSSR count). The van der Waals surface area contributed by atoms with Gasteiger partial charge in [0.1, 0.15) is 23.0 Å². The molecule has 1 aliphatic heterocycles. The predicted molar refractivity (Wildman–Crippen MR) is 182 cm³/mol. The Bertz CT molecular complexity index is 1340. The smallest absolute Gasteiger partial charge is 0.275 e. The highest BCUT2D eigenvalue weighted by Crippen LogP contribution is 2.48. The summed E-state index contributed by atoms with van der Waals surface area (Å²) in [6, 6.07) is 4.05. The Kier molecular flexibility index (Phi) is 13.7. The van der Waals surface area contributed by atoms with Gasteiger partial charge in [-0.05, 0) is 87.0 Å². The van der Waals surface area contributed by atoms with E-state index < -0.39 is 11.5 Å². The lowest BCUT2D eigenvalue weighted by atomic mass is 9.69. The number of amides is 2. The number of halogens is 2. The Balaban J connectivity index is 0.00000345. The molecule has 0 saturated heterocycles. The first-order valence-electron chi connectivity index (χ1n) is 15.4. The van der Waals surface area contributed by atoms with Crippen LogP contribution < -0.4 is 22.7 Å². The summed E-state index contributed by atoms with van der Waals surface area (Å²) in [5.41, 5.74) is 6.87. The standard InChI is InChI=1S/C34H47ClFN5O2.H4N2/c1-8-23(31(42)39-20-29(37)38)11-10-22(4)28(14-9-21(2)3)41-32(43)30(24-12-13-27(36)26(35)19-24)40-34(41)17-15-25(16-18-34)33(5,6)7;1-2/h8,10-13,19,21,25,28H,1,9,14-18,20H2,2-7H3,(H3,37,38)(H,39,42);1-2H2/b22-10+,23-11+;. The van der Waals surface area contributed by atoms with E-state index in [1.54, 1.807) is 12.1 Å². The van der Waals surface area contributed by atoms with Gasteiger partial charge in [-0.2, -0.15) is 0 Å². The SMILES string of the molecule is C=C/C(=C\C=C(/C)C(CCC(C)C)N1C(=O)C(c2ccc(F)c(Cl)c2)=NC12CCC(C(C)(C)C)CC2)C(=O)NCC(=N)N.NN. The number of nitrogens with one attached hydrogen (secondary N) is 2. The Morgan fingerprint density at radius 3 is 2.38 bits per heavy atom. The van der Waals surface area contributed by atoms with E-state index in [2.05, 4.69) is 58.2 Å². The molecule has 0 bridgehead atoms. The molecule has 2 amide bonds. The number of benzene rings is 1. The van der Waals surface area contributed by atoms with E-state index in [0.717, 1.165) is 44.1 Å². The number of nitrogens with two attached hydrogens (primary N) is 3. The first-order chi connectivity index (χ1) is 21.1. The van der Waals surface area contributed by atoms with Crippen LogP contribution in [-0.4, -0.2) is 46.5 Å². The molecule has 248 valence electrons. The summed E-state index contributed by atoms with van der Waals surface area (Å²) in [6.07, 6.45) is 9.94. The third-order valence-corrected chi connectivity index (χ3v) is 8.99. The minimum Gasteiger partial charge on any atom is -0.386 e. The van der Waals surface area contributed by atoms with Gasteiger partial charge in [-0.3, -0.25) is 31.7 Å². The van der Waals surface area contributed by atoms with Crippen molar-refractivity contribution in [2.45, 2.75) is 91.8 Å². The number of hydrogen-bond acceptors (Lipinski definition) is 6. The predicted octanol–water partition coefficient (Wildman–Crippen LogP) is 5.78. The first-order valence-corrected chi connectivity index (χ1v) is 15.8. The summed E-state index contributed by atoms with van der Waals surface area (Å²) in [5, 5.41) is 9.94. The van der Waals surface area contributed by atoms with E-state index in [9.17, 15) is 14.0 Å². The van der Waals surface area contributed by atoms with E-state index >= 15 is 0 Å². The van der Waals surface area contributed by atoms with E-state index in [1.807, 2.05) is 17.9 Å². The molecule has 1 unspecified atom stereocenters. The number of hydrazine groups is 1. The molecule has 1 spiro atoms. The number of aliphatic imine (C=N–C) groups is 1. The molecule has 1 fully saturated rings. The molecule has 0 radical (unpaired) electrons. The van der Waals surface area contributed by atoms with Crippen molar-refractivity contribution in [3.05, 3.63) is 70.6 Å². The highest BCUT2D eigenvalue weighted by atomic mass is 35.5. The topological polar surface area (TPSA) is 164 Å². The zero-order chi connectivity index (χ0) is 34.1. The molecule has 1 atom stereocenters. The lowest BCUT2D eigenvalue weighted by Gasteiger charge is -2.47. The first kappa shape index (κ1) is 37.8. The average molecular weight is 644 g/mol. The summed E-state index contributed by atoms with van der Waals surface area (Å²) in [6.45, 7) is 16.8. The molecule has 9 nitrogen and oxygen atoms in total. The molecule has 1 saturated carbocycles. The van der Waals surface area contributed by atoms with Crippen LogP contribution in [0.5, 0.6) is 0 Å². The van der Waals surface area contributed by atoms with Crippen LogP contribution in [0.25, 0.3) is 0 Å². The Morgan fingerprint density at radius 1 is 1.24 bits per heavy atom. The summed E-state index contributed by atoms with van der Waals surface area (Å²) >= 11 is 6.14. The molecule has 1 aliphatic carbocycles. The molecule has 2 aliphatic rings. The molecule has 8 N–H and O–H groups in total. The van der Waals surface area contributed by atoms with Crippen LogP contribution in [0.2, 0.25) is 5.02 Å². The number of rotatable bonds is 11. The van der Waals surface area contributed by atoms with Gasteiger partial charge in [-0.25, -0.2) is 4.39 Å². The third-order valence-electron chi connectivity index (χ3n) is 8.70. The Hall–Kier alpha value is -3.34. The molecule has 1 heterocycles. The van der Waals surface area contributed by atoms with Crippen molar-refractivity contribution in [2.75, 3.05) is 6.54 Å². The Labute approximate surface area is 272 Å². The maximum atomic E-state index is 14.4. The minimum absolute atomic E-state index is 0.0467. The summed E-state index contributed by atoms with van der Waals surface area (Å²) in [7, 11) is 0. The van der Waals surface area contributed by atoms with Crippen LogP contribution in [-0.2, 0) is 9.59 Å². The van der Waals surface area contributed by atoms with Crippen molar-refractivity contribution >= 4 is 35.0 Å². The summed E-state index contributed by atoms with van der Waals surface area (Å²) in [5.74, 6) is 7.65. The van der Waals surface area contributed by atoms with Gasteiger partial charge in [0.25, 0.3) is 11.8 Å². The van der Waals surface area contributed by atoms with Gasteiger partial charge in [-0.15, -0.1) is 0 Å². The minimum atomic E-state index is -0.727. The van der Waals surface area contributed by atoms with Crippen LogP contribution in [0.1, 0.15) is 85.6 Å². The summed E-state index contributed by atoms with van der Waals surface area (Å²) < 4.78 is 14.1. The maximum absolute atomic E-state index is 14.4. The van der Waals surface area contributed by atoms with Crippen molar-refractivity contribution in [1.29, 1.82) is 5.41 Å². The molecule has 1 aromatic carbocycles. The number of nitrogens with zero attached hydrogens (tertiary/aromatic N) is 2. The number of carbonyl (C=O) groups is 2. The second-order valence-electron chi connectivity index (χ2n) is 13.3. The van der Waals surface area contributed by atoms with Crippen LogP contribution in [0.15, 0.2) is 59.1 Å². The zero-order valence-electron chi connectivity index (χ0n) is 27.6. The lowest BCUT2D eigenvalue weighted by Crippen LogP contribution is -2.55. The fourth-order valence-electron chi connectivity index (χ4n) is 6.07. The number of allylic oxidation sites excluding steroid dienone is 2. The number of hydrogen-bond donors (Lipinski definition) is 5. The second kappa shape index (κ2) is 16.3. The molecule has 0 aromatic heterocycles.